The lowest BCUT2D eigenvalue weighted by atomic mass is 9.70. The SMILES string of the molecule is FC1CCCC2CCCCC12. The Morgan fingerprint density at radius 3 is 2.36 bits per heavy atom. The van der Waals surface area contributed by atoms with Crippen LogP contribution in [-0.2, 0) is 0 Å². The molecule has 0 aromatic carbocycles. The van der Waals surface area contributed by atoms with Gasteiger partial charge in [-0.3, -0.25) is 0 Å². The van der Waals surface area contributed by atoms with Gasteiger partial charge in [-0.2, -0.15) is 0 Å². The van der Waals surface area contributed by atoms with Crippen LogP contribution in [0.3, 0.4) is 0 Å². The number of halogens is 1. The Morgan fingerprint density at radius 1 is 0.818 bits per heavy atom. The Balaban J connectivity index is 1.99. The van der Waals surface area contributed by atoms with Gasteiger partial charge in [-0.25, -0.2) is 4.39 Å². The van der Waals surface area contributed by atoms with Crippen molar-refractivity contribution in [1.82, 2.24) is 0 Å². The third-order valence-electron chi connectivity index (χ3n) is 3.49. The minimum atomic E-state index is -0.450. The highest BCUT2D eigenvalue weighted by molar-refractivity contribution is 4.84. The van der Waals surface area contributed by atoms with Crippen molar-refractivity contribution in [2.75, 3.05) is 0 Å². The van der Waals surface area contributed by atoms with Gasteiger partial charge in [0.2, 0.25) is 0 Å². The second-order valence-electron chi connectivity index (χ2n) is 4.16. The molecule has 3 atom stereocenters. The van der Waals surface area contributed by atoms with E-state index in [4.69, 9.17) is 0 Å². The summed E-state index contributed by atoms with van der Waals surface area (Å²) in [6, 6.07) is 0. The summed E-state index contributed by atoms with van der Waals surface area (Å²) in [4.78, 5) is 0. The van der Waals surface area contributed by atoms with E-state index >= 15 is 0 Å². The maximum atomic E-state index is 13.3. The summed E-state index contributed by atoms with van der Waals surface area (Å²) < 4.78 is 13.3. The van der Waals surface area contributed by atoms with E-state index in [1.807, 2.05) is 0 Å². The van der Waals surface area contributed by atoms with Crippen LogP contribution in [0.25, 0.3) is 0 Å². The summed E-state index contributed by atoms with van der Waals surface area (Å²) in [5.74, 6) is 1.21. The number of hydrogen-bond acceptors (Lipinski definition) is 0. The molecule has 0 aliphatic heterocycles. The first-order valence-electron chi connectivity index (χ1n) is 5.02. The number of rotatable bonds is 0. The largest absolute Gasteiger partial charge is 0.247 e. The summed E-state index contributed by atoms with van der Waals surface area (Å²) in [6.07, 6.45) is 7.97. The number of alkyl halides is 1. The van der Waals surface area contributed by atoms with Crippen LogP contribution in [0, 0.1) is 11.8 Å². The first kappa shape index (κ1) is 7.57. The number of hydrogen-bond donors (Lipinski definition) is 0. The van der Waals surface area contributed by atoms with E-state index in [1.54, 1.807) is 0 Å². The molecule has 0 radical (unpaired) electrons. The molecule has 0 bridgehead atoms. The molecule has 0 N–H and O–H groups in total. The zero-order valence-electron chi connectivity index (χ0n) is 7.06. The maximum absolute atomic E-state index is 13.3. The second kappa shape index (κ2) is 3.12. The summed E-state index contributed by atoms with van der Waals surface area (Å²) in [5.41, 5.74) is 0. The molecule has 2 rings (SSSR count). The molecular weight excluding hydrogens is 139 g/mol. The molecule has 3 unspecified atom stereocenters. The lowest BCUT2D eigenvalue weighted by Gasteiger charge is -2.37. The lowest BCUT2D eigenvalue weighted by Crippen LogP contribution is -2.31. The Morgan fingerprint density at radius 2 is 1.55 bits per heavy atom. The van der Waals surface area contributed by atoms with E-state index in [1.165, 1.54) is 32.1 Å². The normalized spacial score (nSPS) is 45.0. The fourth-order valence-corrected chi connectivity index (χ4v) is 2.86. The third-order valence-corrected chi connectivity index (χ3v) is 3.49. The molecule has 1 heteroatoms. The van der Waals surface area contributed by atoms with E-state index in [-0.39, 0.29) is 0 Å². The van der Waals surface area contributed by atoms with E-state index in [0.29, 0.717) is 5.92 Å². The van der Waals surface area contributed by atoms with E-state index in [0.717, 1.165) is 18.8 Å². The maximum Gasteiger partial charge on any atom is 0.103 e. The lowest BCUT2D eigenvalue weighted by molar-refractivity contribution is 0.0717. The standard InChI is InChI=1S/C10H17F/c11-10-7-3-5-8-4-1-2-6-9(8)10/h8-10H,1-7H2. The van der Waals surface area contributed by atoms with Gasteiger partial charge in [0, 0.05) is 0 Å². The molecule has 2 fully saturated rings. The minimum Gasteiger partial charge on any atom is -0.247 e. The zero-order valence-corrected chi connectivity index (χ0v) is 7.06. The van der Waals surface area contributed by atoms with E-state index in [2.05, 4.69) is 0 Å². The first-order valence-corrected chi connectivity index (χ1v) is 5.02. The fraction of sp³-hybridized carbons (Fsp3) is 1.00. The zero-order chi connectivity index (χ0) is 7.68. The highest BCUT2D eigenvalue weighted by Gasteiger charge is 2.34. The summed E-state index contributed by atoms with van der Waals surface area (Å²) >= 11 is 0. The predicted octanol–water partition coefficient (Wildman–Crippen LogP) is 3.31. The van der Waals surface area contributed by atoms with Crippen molar-refractivity contribution >= 4 is 0 Å². The van der Waals surface area contributed by atoms with Gasteiger partial charge in [-0.05, 0) is 31.1 Å². The number of fused-ring (bicyclic) bond motifs is 1. The van der Waals surface area contributed by atoms with Gasteiger partial charge in [-0.15, -0.1) is 0 Å². The Bertz CT molecular complexity index is 131. The third kappa shape index (κ3) is 1.43. The molecule has 2 aliphatic rings. The smallest absolute Gasteiger partial charge is 0.103 e. The van der Waals surface area contributed by atoms with Crippen LogP contribution in [0.5, 0.6) is 0 Å². The van der Waals surface area contributed by atoms with Gasteiger partial charge in [0.1, 0.15) is 6.17 Å². The molecule has 0 heterocycles. The molecular formula is C10H17F. The molecule has 11 heavy (non-hydrogen) atoms. The van der Waals surface area contributed by atoms with Gasteiger partial charge >= 0.3 is 0 Å². The van der Waals surface area contributed by atoms with Crippen LogP contribution in [0.1, 0.15) is 44.9 Å². The van der Waals surface area contributed by atoms with Crippen molar-refractivity contribution in [2.45, 2.75) is 51.1 Å². The van der Waals surface area contributed by atoms with Crippen LogP contribution in [0.15, 0.2) is 0 Å². The second-order valence-corrected chi connectivity index (χ2v) is 4.16. The summed E-state index contributed by atoms with van der Waals surface area (Å²) in [7, 11) is 0. The van der Waals surface area contributed by atoms with Gasteiger partial charge < -0.3 is 0 Å². The predicted molar refractivity (Wildman–Crippen MR) is 44.2 cm³/mol. The molecule has 0 aromatic rings. The van der Waals surface area contributed by atoms with Crippen molar-refractivity contribution in [3.8, 4) is 0 Å². The molecule has 0 nitrogen and oxygen atoms in total. The molecule has 0 amide bonds. The van der Waals surface area contributed by atoms with Crippen LogP contribution < -0.4 is 0 Å². The van der Waals surface area contributed by atoms with Gasteiger partial charge in [0.05, 0.1) is 0 Å². The molecule has 2 saturated carbocycles. The van der Waals surface area contributed by atoms with Crippen LogP contribution >= 0.6 is 0 Å². The Hall–Kier alpha value is -0.0700. The van der Waals surface area contributed by atoms with Crippen LogP contribution in [-0.4, -0.2) is 6.17 Å². The van der Waals surface area contributed by atoms with Crippen LogP contribution in [0.2, 0.25) is 0 Å². The first-order chi connectivity index (χ1) is 5.38. The Labute approximate surface area is 68.2 Å². The molecule has 64 valence electrons. The minimum absolute atomic E-state index is 0.450. The van der Waals surface area contributed by atoms with Crippen molar-refractivity contribution in [2.24, 2.45) is 11.8 Å². The molecule has 2 aliphatic carbocycles. The topological polar surface area (TPSA) is 0 Å². The van der Waals surface area contributed by atoms with E-state index < -0.39 is 6.17 Å². The van der Waals surface area contributed by atoms with Crippen molar-refractivity contribution in [3.05, 3.63) is 0 Å². The van der Waals surface area contributed by atoms with Crippen LogP contribution in [0.4, 0.5) is 4.39 Å². The molecule has 0 spiro atoms. The van der Waals surface area contributed by atoms with Gasteiger partial charge in [0.15, 0.2) is 0 Å². The van der Waals surface area contributed by atoms with Crippen molar-refractivity contribution in [3.63, 3.8) is 0 Å². The average Bonchev–Trinajstić information content (AvgIpc) is 2.06. The molecule has 0 saturated heterocycles. The highest BCUT2D eigenvalue weighted by atomic mass is 19.1. The van der Waals surface area contributed by atoms with Gasteiger partial charge in [0.25, 0.3) is 0 Å². The quantitative estimate of drug-likeness (QED) is 0.504. The molecule has 0 aromatic heterocycles. The summed E-state index contributed by atoms with van der Waals surface area (Å²) in [5, 5.41) is 0. The van der Waals surface area contributed by atoms with Crippen molar-refractivity contribution in [1.29, 1.82) is 0 Å². The highest BCUT2D eigenvalue weighted by Crippen LogP contribution is 2.41. The monoisotopic (exact) mass is 156 g/mol. The van der Waals surface area contributed by atoms with Crippen molar-refractivity contribution < 1.29 is 4.39 Å². The van der Waals surface area contributed by atoms with Gasteiger partial charge in [-0.1, -0.05) is 25.7 Å². The average molecular weight is 156 g/mol. The van der Waals surface area contributed by atoms with E-state index in [9.17, 15) is 4.39 Å². The fourth-order valence-electron chi connectivity index (χ4n) is 2.86. The summed E-state index contributed by atoms with van der Waals surface area (Å²) in [6.45, 7) is 0. The Kier molecular flexibility index (Phi) is 2.15.